The van der Waals surface area contributed by atoms with Crippen molar-refractivity contribution in [1.29, 1.82) is 0 Å². The van der Waals surface area contributed by atoms with Gasteiger partial charge in [-0.25, -0.2) is 4.79 Å². The van der Waals surface area contributed by atoms with E-state index in [2.05, 4.69) is 10.6 Å². The second-order valence-electron chi connectivity index (χ2n) is 5.08. The van der Waals surface area contributed by atoms with Gasteiger partial charge < -0.3 is 15.4 Å². The summed E-state index contributed by atoms with van der Waals surface area (Å²) in [5, 5.41) is 5.49. The van der Waals surface area contributed by atoms with Crippen molar-refractivity contribution in [2.45, 2.75) is 46.5 Å². The molecule has 0 bridgehead atoms. The summed E-state index contributed by atoms with van der Waals surface area (Å²) in [5.74, 6) is -0.771. The van der Waals surface area contributed by atoms with Gasteiger partial charge in [-0.1, -0.05) is 13.8 Å². The van der Waals surface area contributed by atoms with E-state index < -0.39 is 5.97 Å². The molecule has 0 radical (unpaired) electrons. The lowest BCUT2D eigenvalue weighted by atomic mass is 10.1. The van der Waals surface area contributed by atoms with Crippen LogP contribution in [0.3, 0.4) is 0 Å². The molecule has 1 rings (SSSR count). The Morgan fingerprint density at radius 3 is 2.00 bits per heavy atom. The van der Waals surface area contributed by atoms with Crippen LogP contribution in [0.25, 0.3) is 0 Å². The van der Waals surface area contributed by atoms with E-state index in [1.165, 1.54) is 6.07 Å². The number of nitrogens with one attached hydrogen (secondary N) is 2. The largest absolute Gasteiger partial charge is 0.462 e. The summed E-state index contributed by atoms with van der Waals surface area (Å²) in [6.07, 6.45) is 2.19. The van der Waals surface area contributed by atoms with Crippen LogP contribution >= 0.6 is 0 Å². The topological polar surface area (TPSA) is 84.5 Å². The van der Waals surface area contributed by atoms with Gasteiger partial charge in [-0.15, -0.1) is 0 Å². The fraction of sp³-hybridized carbons (Fsp3) is 0.471. The zero-order valence-electron chi connectivity index (χ0n) is 13.9. The van der Waals surface area contributed by atoms with E-state index in [-0.39, 0.29) is 18.4 Å². The summed E-state index contributed by atoms with van der Waals surface area (Å²) in [4.78, 5) is 35.4. The molecule has 0 fully saturated rings. The van der Waals surface area contributed by atoms with E-state index in [0.29, 0.717) is 36.2 Å². The van der Waals surface area contributed by atoms with Gasteiger partial charge in [0.15, 0.2) is 0 Å². The maximum atomic E-state index is 11.8. The second kappa shape index (κ2) is 9.61. The van der Waals surface area contributed by atoms with E-state index in [0.717, 1.165) is 6.42 Å². The first kappa shape index (κ1) is 18.7. The lowest BCUT2D eigenvalue weighted by Gasteiger charge is -2.13. The third-order valence-corrected chi connectivity index (χ3v) is 3.03. The Kier molecular flexibility index (Phi) is 7.80. The van der Waals surface area contributed by atoms with Gasteiger partial charge in [0.05, 0.1) is 23.5 Å². The Labute approximate surface area is 136 Å². The van der Waals surface area contributed by atoms with Crippen molar-refractivity contribution >= 4 is 29.2 Å². The van der Waals surface area contributed by atoms with Crippen molar-refractivity contribution in [3.63, 3.8) is 0 Å². The molecule has 1 aromatic carbocycles. The molecule has 2 N–H and O–H groups in total. The average molecular weight is 320 g/mol. The molecule has 0 unspecified atom stereocenters. The molecule has 0 saturated carbocycles. The van der Waals surface area contributed by atoms with Crippen molar-refractivity contribution in [3.05, 3.63) is 23.8 Å². The molecule has 0 aromatic heterocycles. The molecule has 2 amide bonds. The van der Waals surface area contributed by atoms with E-state index >= 15 is 0 Å². The number of amides is 2. The fourth-order valence-corrected chi connectivity index (χ4v) is 1.98. The van der Waals surface area contributed by atoms with Crippen LogP contribution < -0.4 is 10.6 Å². The standard InChI is InChI=1S/C17H24N2O4/c1-4-7-15(20)18-13-10-9-12(17(22)23-6-3)11-14(13)19-16(21)8-5-2/h9-11H,4-8H2,1-3H3,(H,18,20)(H,19,21). The predicted octanol–water partition coefficient (Wildman–Crippen LogP) is 3.34. The Morgan fingerprint density at radius 2 is 1.48 bits per heavy atom. The maximum Gasteiger partial charge on any atom is 0.338 e. The number of esters is 1. The number of hydrogen-bond donors (Lipinski definition) is 2. The van der Waals surface area contributed by atoms with Gasteiger partial charge in [0, 0.05) is 12.8 Å². The van der Waals surface area contributed by atoms with E-state index in [9.17, 15) is 14.4 Å². The first-order chi connectivity index (χ1) is 11.0. The SMILES string of the molecule is CCCC(=O)Nc1ccc(C(=O)OCC)cc1NC(=O)CCC. The molecule has 6 heteroatoms. The van der Waals surface area contributed by atoms with Crippen LogP contribution in [0.2, 0.25) is 0 Å². The van der Waals surface area contributed by atoms with Crippen LogP contribution in [-0.2, 0) is 14.3 Å². The first-order valence-corrected chi connectivity index (χ1v) is 7.92. The molecule has 126 valence electrons. The third kappa shape index (κ3) is 6.10. The average Bonchev–Trinajstić information content (AvgIpc) is 2.49. The highest BCUT2D eigenvalue weighted by Gasteiger charge is 2.14. The van der Waals surface area contributed by atoms with Crippen LogP contribution in [0.4, 0.5) is 11.4 Å². The minimum Gasteiger partial charge on any atom is -0.462 e. The highest BCUT2D eigenvalue weighted by molar-refractivity contribution is 6.01. The Balaban J connectivity index is 3.04. The van der Waals surface area contributed by atoms with Gasteiger partial charge in [-0.2, -0.15) is 0 Å². The summed E-state index contributed by atoms with van der Waals surface area (Å²) < 4.78 is 4.96. The molecule has 6 nitrogen and oxygen atoms in total. The van der Waals surface area contributed by atoms with E-state index in [1.807, 2.05) is 13.8 Å². The third-order valence-electron chi connectivity index (χ3n) is 3.03. The van der Waals surface area contributed by atoms with Gasteiger partial charge in [-0.3, -0.25) is 9.59 Å². The molecular weight excluding hydrogens is 296 g/mol. The van der Waals surface area contributed by atoms with Crippen molar-refractivity contribution in [3.8, 4) is 0 Å². The number of carbonyl (C=O) groups excluding carboxylic acids is 3. The first-order valence-electron chi connectivity index (χ1n) is 7.92. The molecule has 23 heavy (non-hydrogen) atoms. The minimum absolute atomic E-state index is 0.137. The van der Waals surface area contributed by atoms with E-state index in [4.69, 9.17) is 4.74 Å². The number of carbonyl (C=O) groups is 3. The van der Waals surface area contributed by atoms with Crippen LogP contribution in [0.1, 0.15) is 56.8 Å². The molecule has 0 aliphatic carbocycles. The van der Waals surface area contributed by atoms with Gasteiger partial charge in [0.2, 0.25) is 11.8 Å². The Morgan fingerprint density at radius 1 is 0.913 bits per heavy atom. The second-order valence-corrected chi connectivity index (χ2v) is 5.08. The van der Waals surface area contributed by atoms with Gasteiger partial charge in [0.1, 0.15) is 0 Å². The van der Waals surface area contributed by atoms with Gasteiger partial charge in [0.25, 0.3) is 0 Å². The smallest absolute Gasteiger partial charge is 0.338 e. The quantitative estimate of drug-likeness (QED) is 0.719. The summed E-state index contributed by atoms with van der Waals surface area (Å²) in [5.41, 5.74) is 1.20. The number of benzene rings is 1. The monoisotopic (exact) mass is 320 g/mol. The van der Waals surface area contributed by atoms with E-state index in [1.54, 1.807) is 19.1 Å². The Bertz CT molecular complexity index is 570. The summed E-state index contributed by atoms with van der Waals surface area (Å²) in [6.45, 7) is 5.80. The summed E-state index contributed by atoms with van der Waals surface area (Å²) in [7, 11) is 0. The van der Waals surface area contributed by atoms with Gasteiger partial charge in [-0.05, 0) is 38.0 Å². The molecule has 0 saturated heterocycles. The van der Waals surface area contributed by atoms with Crippen molar-refractivity contribution < 1.29 is 19.1 Å². The summed E-state index contributed by atoms with van der Waals surface area (Å²) in [6, 6.07) is 4.68. The lowest BCUT2D eigenvalue weighted by molar-refractivity contribution is -0.117. The number of rotatable bonds is 8. The molecule has 0 heterocycles. The molecule has 0 aliphatic heterocycles. The van der Waals surface area contributed by atoms with Crippen LogP contribution in [0, 0.1) is 0 Å². The number of ether oxygens (including phenoxy) is 1. The molecule has 0 atom stereocenters. The van der Waals surface area contributed by atoms with Crippen LogP contribution in [0.5, 0.6) is 0 Å². The zero-order chi connectivity index (χ0) is 17.2. The number of anilines is 2. The predicted molar refractivity (Wildman–Crippen MR) is 89.5 cm³/mol. The molecule has 0 aliphatic rings. The zero-order valence-corrected chi connectivity index (χ0v) is 13.9. The van der Waals surface area contributed by atoms with Crippen LogP contribution in [-0.4, -0.2) is 24.4 Å². The van der Waals surface area contributed by atoms with Crippen molar-refractivity contribution in [2.75, 3.05) is 17.2 Å². The van der Waals surface area contributed by atoms with Crippen LogP contribution in [0.15, 0.2) is 18.2 Å². The van der Waals surface area contributed by atoms with Crippen molar-refractivity contribution in [2.24, 2.45) is 0 Å². The lowest BCUT2D eigenvalue weighted by Crippen LogP contribution is -2.17. The highest BCUT2D eigenvalue weighted by Crippen LogP contribution is 2.24. The number of hydrogen-bond acceptors (Lipinski definition) is 4. The molecular formula is C17H24N2O4. The molecule has 1 aromatic rings. The normalized spacial score (nSPS) is 10.0. The van der Waals surface area contributed by atoms with Gasteiger partial charge >= 0.3 is 5.97 Å². The molecule has 0 spiro atoms. The van der Waals surface area contributed by atoms with Crippen molar-refractivity contribution in [1.82, 2.24) is 0 Å². The fourth-order valence-electron chi connectivity index (χ4n) is 1.98. The Hall–Kier alpha value is -2.37. The maximum absolute atomic E-state index is 11.8. The summed E-state index contributed by atoms with van der Waals surface area (Å²) >= 11 is 0. The highest BCUT2D eigenvalue weighted by atomic mass is 16.5. The minimum atomic E-state index is -0.468.